The zero-order valence-corrected chi connectivity index (χ0v) is 10.9. The summed E-state index contributed by atoms with van der Waals surface area (Å²) < 4.78 is 48.5. The average molecular weight is 292 g/mol. The van der Waals surface area contributed by atoms with E-state index in [9.17, 15) is 21.6 Å². The van der Waals surface area contributed by atoms with E-state index in [0.29, 0.717) is 0 Å². The molecule has 9 heteroatoms. The van der Waals surface area contributed by atoms with Crippen LogP contribution in [0.2, 0.25) is 0 Å². The lowest BCUT2D eigenvalue weighted by atomic mass is 10.3. The number of rotatable bonds is 3. The molecule has 1 aromatic heterocycles. The van der Waals surface area contributed by atoms with Gasteiger partial charge in [0, 0.05) is 18.3 Å². The number of aromatic amines is 1. The van der Waals surface area contributed by atoms with Crippen LogP contribution < -0.4 is 10.3 Å². The molecule has 100 valence electrons. The number of aromatic nitrogens is 1. The molecule has 0 amide bonds. The molecule has 1 aliphatic rings. The molecule has 2 heterocycles. The predicted molar refractivity (Wildman–Crippen MR) is 64.4 cm³/mol. The molecule has 2 N–H and O–H groups in total. The minimum Gasteiger partial charge on any atom is -0.328 e. The van der Waals surface area contributed by atoms with E-state index in [1.165, 1.54) is 6.07 Å². The van der Waals surface area contributed by atoms with E-state index in [-0.39, 0.29) is 22.8 Å². The minimum atomic E-state index is -3.80. The van der Waals surface area contributed by atoms with E-state index in [4.69, 9.17) is 0 Å². The monoisotopic (exact) mass is 292 g/mol. The van der Waals surface area contributed by atoms with Gasteiger partial charge in [-0.1, -0.05) is 0 Å². The molecular formula is C9H12N2O5S2. The van der Waals surface area contributed by atoms with Gasteiger partial charge >= 0.3 is 0 Å². The van der Waals surface area contributed by atoms with Crippen LogP contribution in [0.3, 0.4) is 0 Å². The van der Waals surface area contributed by atoms with Crippen LogP contribution in [-0.4, -0.2) is 39.4 Å². The van der Waals surface area contributed by atoms with E-state index in [1.54, 1.807) is 0 Å². The third-order valence-corrected chi connectivity index (χ3v) is 5.91. The molecule has 0 saturated carbocycles. The highest BCUT2D eigenvalue weighted by Crippen LogP contribution is 2.14. The van der Waals surface area contributed by atoms with Crippen LogP contribution in [-0.2, 0) is 19.9 Å². The minimum absolute atomic E-state index is 0.00813. The zero-order chi connectivity index (χ0) is 13.4. The van der Waals surface area contributed by atoms with E-state index >= 15 is 0 Å². The molecule has 1 aromatic rings. The molecule has 1 fully saturated rings. The largest absolute Gasteiger partial charge is 0.328 e. The quantitative estimate of drug-likeness (QED) is 0.729. The maximum absolute atomic E-state index is 11.9. The van der Waals surface area contributed by atoms with Crippen molar-refractivity contribution in [1.29, 1.82) is 0 Å². The maximum atomic E-state index is 11.9. The first-order valence-electron chi connectivity index (χ1n) is 5.20. The van der Waals surface area contributed by atoms with Gasteiger partial charge in [-0.05, 0) is 12.5 Å². The Balaban J connectivity index is 2.18. The lowest BCUT2D eigenvalue weighted by Gasteiger charge is -2.10. The summed E-state index contributed by atoms with van der Waals surface area (Å²) in [6, 6.07) is 1.66. The van der Waals surface area contributed by atoms with Crippen molar-refractivity contribution in [2.75, 3.05) is 11.5 Å². The van der Waals surface area contributed by atoms with Crippen LogP contribution in [0, 0.1) is 0 Å². The fourth-order valence-electron chi connectivity index (χ4n) is 1.74. The number of sulfone groups is 1. The van der Waals surface area contributed by atoms with Gasteiger partial charge in [-0.25, -0.2) is 21.6 Å². The van der Waals surface area contributed by atoms with Gasteiger partial charge in [0.25, 0.3) is 0 Å². The van der Waals surface area contributed by atoms with Crippen LogP contribution in [0.5, 0.6) is 0 Å². The zero-order valence-electron chi connectivity index (χ0n) is 9.29. The molecule has 7 nitrogen and oxygen atoms in total. The van der Waals surface area contributed by atoms with Gasteiger partial charge < -0.3 is 4.98 Å². The molecule has 0 bridgehead atoms. The molecule has 0 aliphatic carbocycles. The molecule has 0 spiro atoms. The third-order valence-electron chi connectivity index (χ3n) is 2.62. The smallest absolute Gasteiger partial charge is 0.247 e. The van der Waals surface area contributed by atoms with Gasteiger partial charge in [0.15, 0.2) is 9.84 Å². The lowest BCUT2D eigenvalue weighted by Crippen LogP contribution is -2.35. The number of sulfonamides is 1. The average Bonchev–Trinajstić information content (AvgIpc) is 2.57. The first-order valence-corrected chi connectivity index (χ1v) is 8.50. The normalized spacial score (nSPS) is 23.0. The molecule has 18 heavy (non-hydrogen) atoms. The Morgan fingerprint density at radius 3 is 2.56 bits per heavy atom. The van der Waals surface area contributed by atoms with E-state index in [2.05, 4.69) is 9.71 Å². The summed E-state index contributed by atoms with van der Waals surface area (Å²) in [4.78, 5) is 13.0. The highest BCUT2D eigenvalue weighted by molar-refractivity contribution is 7.92. The Hall–Kier alpha value is -1.19. The van der Waals surface area contributed by atoms with Crippen LogP contribution >= 0.6 is 0 Å². The van der Waals surface area contributed by atoms with Gasteiger partial charge in [0.1, 0.15) is 0 Å². The first kappa shape index (κ1) is 13.2. The number of hydrogen-bond acceptors (Lipinski definition) is 5. The Morgan fingerprint density at radius 2 is 2.06 bits per heavy atom. The fourth-order valence-corrected chi connectivity index (χ4v) is 4.76. The second kappa shape index (κ2) is 4.48. The van der Waals surface area contributed by atoms with Crippen LogP contribution in [0.15, 0.2) is 28.0 Å². The second-order valence-corrected chi connectivity index (χ2v) is 8.05. The van der Waals surface area contributed by atoms with Gasteiger partial charge in [-0.15, -0.1) is 0 Å². The molecule has 1 unspecified atom stereocenters. The summed E-state index contributed by atoms with van der Waals surface area (Å²) in [6.07, 6.45) is 1.35. The summed E-state index contributed by atoms with van der Waals surface area (Å²) in [5.74, 6) is -0.193. The van der Waals surface area contributed by atoms with Crippen molar-refractivity contribution in [3.63, 3.8) is 0 Å². The van der Waals surface area contributed by atoms with Gasteiger partial charge in [-0.2, -0.15) is 0 Å². The summed E-state index contributed by atoms with van der Waals surface area (Å²) in [5.41, 5.74) is -0.405. The van der Waals surface area contributed by atoms with Crippen molar-refractivity contribution in [2.45, 2.75) is 17.4 Å². The summed E-state index contributed by atoms with van der Waals surface area (Å²) >= 11 is 0. The predicted octanol–water partition coefficient (Wildman–Crippen LogP) is -1.16. The molecule has 0 aromatic carbocycles. The number of hydrogen-bond donors (Lipinski definition) is 2. The van der Waals surface area contributed by atoms with E-state index in [0.717, 1.165) is 12.3 Å². The highest BCUT2D eigenvalue weighted by atomic mass is 32.2. The van der Waals surface area contributed by atoms with Crippen molar-refractivity contribution >= 4 is 19.9 Å². The number of pyridine rings is 1. The Kier molecular flexibility index (Phi) is 3.30. The highest BCUT2D eigenvalue weighted by Gasteiger charge is 2.31. The molecule has 2 rings (SSSR count). The van der Waals surface area contributed by atoms with Crippen molar-refractivity contribution < 1.29 is 16.8 Å². The molecule has 0 radical (unpaired) electrons. The van der Waals surface area contributed by atoms with Crippen LogP contribution in [0.1, 0.15) is 6.42 Å². The number of nitrogens with one attached hydrogen (secondary N) is 2. The third kappa shape index (κ3) is 2.98. The van der Waals surface area contributed by atoms with Gasteiger partial charge in [-0.3, -0.25) is 4.79 Å². The SMILES string of the molecule is O=c1ccc(S(=O)(=O)NC2CCS(=O)(=O)C2)c[nH]1. The number of H-pyrrole nitrogens is 1. The second-order valence-electron chi connectivity index (χ2n) is 4.11. The summed E-state index contributed by atoms with van der Waals surface area (Å²) in [5, 5.41) is 0. The molecule has 1 saturated heterocycles. The Labute approximate surface area is 104 Å². The Morgan fingerprint density at radius 1 is 1.33 bits per heavy atom. The summed E-state index contributed by atoms with van der Waals surface area (Å²) in [6.45, 7) is 0. The maximum Gasteiger partial charge on any atom is 0.247 e. The topological polar surface area (TPSA) is 113 Å². The Bertz CT molecular complexity index is 684. The first-order chi connectivity index (χ1) is 8.28. The van der Waals surface area contributed by atoms with Crippen molar-refractivity contribution in [3.05, 3.63) is 28.7 Å². The molecule has 1 atom stereocenters. The molecule has 1 aliphatic heterocycles. The van der Waals surface area contributed by atoms with E-state index < -0.39 is 31.5 Å². The summed E-state index contributed by atoms with van der Waals surface area (Å²) in [7, 11) is -6.94. The van der Waals surface area contributed by atoms with Crippen LogP contribution in [0.4, 0.5) is 0 Å². The lowest BCUT2D eigenvalue weighted by molar-refractivity contribution is 0.562. The fraction of sp³-hybridized carbons (Fsp3) is 0.444. The molecular weight excluding hydrogens is 280 g/mol. The van der Waals surface area contributed by atoms with Crippen LogP contribution in [0.25, 0.3) is 0 Å². The van der Waals surface area contributed by atoms with E-state index in [1.807, 2.05) is 0 Å². The van der Waals surface area contributed by atoms with Crippen molar-refractivity contribution in [2.24, 2.45) is 0 Å². The van der Waals surface area contributed by atoms with Gasteiger partial charge in [0.05, 0.1) is 16.4 Å². The van der Waals surface area contributed by atoms with Gasteiger partial charge in [0.2, 0.25) is 15.6 Å². The van der Waals surface area contributed by atoms with Crippen molar-refractivity contribution in [3.8, 4) is 0 Å². The standard InChI is InChI=1S/C9H12N2O5S2/c12-9-2-1-8(5-10-9)18(15,16)11-7-3-4-17(13,14)6-7/h1-2,5,7,11H,3-4,6H2,(H,10,12). The van der Waals surface area contributed by atoms with Crippen molar-refractivity contribution in [1.82, 2.24) is 9.71 Å².